The highest BCUT2D eigenvalue weighted by molar-refractivity contribution is 5.95. The Morgan fingerprint density at radius 1 is 1.25 bits per heavy atom. The van der Waals surface area contributed by atoms with Gasteiger partial charge in [0.05, 0.1) is 13.2 Å². The van der Waals surface area contributed by atoms with Gasteiger partial charge in [-0.05, 0) is 57.5 Å². The Bertz CT molecular complexity index is 672. The third-order valence-corrected chi connectivity index (χ3v) is 5.30. The van der Waals surface area contributed by atoms with Crippen LogP contribution in [0.3, 0.4) is 0 Å². The Balaban J connectivity index is 0.00000196. The largest absolute Gasteiger partial charge is 0.379 e. The second kappa shape index (κ2) is 12.4. The lowest BCUT2D eigenvalue weighted by Gasteiger charge is -2.26. The first-order valence-electron chi connectivity index (χ1n) is 9.67. The summed E-state index contributed by atoms with van der Waals surface area (Å²) in [4.78, 5) is 27.8. The fraction of sp³-hybridized carbons (Fsp3) is 0.684. The number of halogens is 2. The summed E-state index contributed by atoms with van der Waals surface area (Å²) in [5, 5.41) is 6.24. The molecule has 160 valence electrons. The van der Waals surface area contributed by atoms with Gasteiger partial charge in [0.15, 0.2) is 0 Å². The average Bonchev–Trinajstić information content (AvgIpc) is 2.67. The van der Waals surface area contributed by atoms with Crippen LogP contribution >= 0.6 is 24.8 Å². The summed E-state index contributed by atoms with van der Waals surface area (Å²) in [6, 6.07) is 2.06. The van der Waals surface area contributed by atoms with Gasteiger partial charge in [-0.25, -0.2) is 0 Å². The monoisotopic (exact) mass is 434 g/mol. The number of nitrogens with zero attached hydrogens (tertiary/aromatic N) is 2. The molecule has 1 amide bonds. The highest BCUT2D eigenvalue weighted by Crippen LogP contribution is 2.17. The van der Waals surface area contributed by atoms with Gasteiger partial charge in [-0.1, -0.05) is 0 Å². The van der Waals surface area contributed by atoms with E-state index in [0.29, 0.717) is 6.54 Å². The smallest absolute Gasteiger partial charge is 0.263 e. The van der Waals surface area contributed by atoms with Gasteiger partial charge in [-0.2, -0.15) is 0 Å². The summed E-state index contributed by atoms with van der Waals surface area (Å²) >= 11 is 0. The zero-order chi connectivity index (χ0) is 18.4. The van der Waals surface area contributed by atoms with Crippen molar-refractivity contribution in [2.24, 2.45) is 0 Å². The third kappa shape index (κ3) is 6.46. The van der Waals surface area contributed by atoms with E-state index in [2.05, 4.69) is 15.5 Å². The Hall–Kier alpha value is -1.12. The van der Waals surface area contributed by atoms with Crippen LogP contribution in [0.2, 0.25) is 0 Å². The van der Waals surface area contributed by atoms with Gasteiger partial charge in [0.2, 0.25) is 0 Å². The zero-order valence-corrected chi connectivity index (χ0v) is 18.1. The minimum absolute atomic E-state index is 0. The molecule has 2 saturated heterocycles. The first-order chi connectivity index (χ1) is 12.7. The lowest BCUT2D eigenvalue weighted by atomic mass is 10.0. The molecule has 0 aromatic carbocycles. The Morgan fingerprint density at radius 2 is 1.93 bits per heavy atom. The molecule has 2 N–H and O–H groups in total. The van der Waals surface area contributed by atoms with E-state index in [9.17, 15) is 9.59 Å². The summed E-state index contributed by atoms with van der Waals surface area (Å²) in [5.41, 5.74) is 0.867. The molecule has 0 spiro atoms. The molecule has 28 heavy (non-hydrogen) atoms. The lowest BCUT2D eigenvalue weighted by molar-refractivity contribution is 0.0374. The number of carbonyl (C=O) groups excluding carboxylic acids is 1. The van der Waals surface area contributed by atoms with E-state index < -0.39 is 0 Å². The maximum atomic E-state index is 12.9. The van der Waals surface area contributed by atoms with E-state index >= 15 is 0 Å². The Morgan fingerprint density at radius 3 is 2.61 bits per heavy atom. The van der Waals surface area contributed by atoms with Crippen LogP contribution in [0.4, 0.5) is 0 Å². The summed E-state index contributed by atoms with van der Waals surface area (Å²) < 4.78 is 7.08. The average molecular weight is 435 g/mol. The van der Waals surface area contributed by atoms with E-state index in [-0.39, 0.29) is 47.9 Å². The maximum absolute atomic E-state index is 12.9. The SMILES string of the molecule is Cc1ccn(C2CCNCC2)c(=O)c1C(=O)NCCCN1CCOCC1.Cl.Cl. The molecule has 0 aliphatic carbocycles. The summed E-state index contributed by atoms with van der Waals surface area (Å²) in [6.45, 7) is 8.64. The zero-order valence-electron chi connectivity index (χ0n) is 16.4. The minimum Gasteiger partial charge on any atom is -0.379 e. The van der Waals surface area contributed by atoms with Crippen LogP contribution in [0.15, 0.2) is 17.1 Å². The molecule has 9 heteroatoms. The molecule has 2 aliphatic rings. The summed E-state index contributed by atoms with van der Waals surface area (Å²) in [6.07, 6.45) is 4.55. The Labute approximate surface area is 179 Å². The fourth-order valence-electron chi connectivity index (χ4n) is 3.71. The van der Waals surface area contributed by atoms with Gasteiger partial charge >= 0.3 is 0 Å². The van der Waals surface area contributed by atoms with Crippen molar-refractivity contribution in [3.05, 3.63) is 33.7 Å². The molecule has 0 unspecified atom stereocenters. The highest BCUT2D eigenvalue weighted by atomic mass is 35.5. The number of hydrogen-bond acceptors (Lipinski definition) is 5. The van der Waals surface area contributed by atoms with Crippen molar-refractivity contribution in [3.8, 4) is 0 Å². The van der Waals surface area contributed by atoms with Crippen LogP contribution in [0, 0.1) is 6.92 Å². The van der Waals surface area contributed by atoms with Crippen LogP contribution in [-0.2, 0) is 4.74 Å². The predicted octanol–water partition coefficient (Wildman–Crippen LogP) is 1.38. The van der Waals surface area contributed by atoms with Crippen molar-refractivity contribution in [2.75, 3.05) is 52.5 Å². The number of piperidine rings is 1. The summed E-state index contributed by atoms with van der Waals surface area (Å²) in [5.74, 6) is -0.252. The van der Waals surface area contributed by atoms with Gasteiger partial charge < -0.3 is 19.9 Å². The number of aromatic nitrogens is 1. The number of ether oxygens (including phenoxy) is 1. The molecule has 3 heterocycles. The van der Waals surface area contributed by atoms with E-state index in [1.807, 2.05) is 19.2 Å². The number of carbonyl (C=O) groups is 1. The van der Waals surface area contributed by atoms with Gasteiger partial charge in [-0.3, -0.25) is 14.5 Å². The number of aryl methyl sites for hydroxylation is 1. The lowest BCUT2D eigenvalue weighted by Crippen LogP contribution is -2.40. The van der Waals surface area contributed by atoms with Crippen LogP contribution in [-0.4, -0.2) is 67.9 Å². The number of rotatable bonds is 6. The molecule has 3 rings (SSSR count). The minimum atomic E-state index is -0.252. The third-order valence-electron chi connectivity index (χ3n) is 5.30. The number of nitrogens with one attached hydrogen (secondary N) is 2. The van der Waals surface area contributed by atoms with Crippen LogP contribution < -0.4 is 16.2 Å². The number of hydrogen-bond donors (Lipinski definition) is 2. The molecule has 0 saturated carbocycles. The van der Waals surface area contributed by atoms with Gasteiger partial charge in [0, 0.05) is 31.9 Å². The number of pyridine rings is 1. The quantitative estimate of drug-likeness (QED) is 0.661. The van der Waals surface area contributed by atoms with Crippen molar-refractivity contribution < 1.29 is 9.53 Å². The number of morpholine rings is 1. The first-order valence-corrected chi connectivity index (χ1v) is 9.67. The second-order valence-electron chi connectivity index (χ2n) is 7.13. The van der Waals surface area contributed by atoms with Gasteiger partial charge in [0.25, 0.3) is 11.5 Å². The summed E-state index contributed by atoms with van der Waals surface area (Å²) in [7, 11) is 0. The Kier molecular flexibility index (Phi) is 11.1. The van der Waals surface area contributed by atoms with Gasteiger partial charge in [-0.15, -0.1) is 24.8 Å². The second-order valence-corrected chi connectivity index (χ2v) is 7.13. The highest BCUT2D eigenvalue weighted by Gasteiger charge is 2.21. The molecular formula is C19H32Cl2N4O3. The van der Waals surface area contributed by atoms with Crippen LogP contribution in [0.1, 0.15) is 41.2 Å². The molecular weight excluding hydrogens is 403 g/mol. The van der Waals surface area contributed by atoms with E-state index in [4.69, 9.17) is 4.74 Å². The van der Waals surface area contributed by atoms with E-state index in [1.54, 1.807) is 4.57 Å². The van der Waals surface area contributed by atoms with Crippen molar-refractivity contribution >= 4 is 30.7 Å². The normalized spacial score (nSPS) is 18.0. The molecule has 0 bridgehead atoms. The molecule has 2 fully saturated rings. The van der Waals surface area contributed by atoms with Crippen molar-refractivity contribution in [1.82, 2.24) is 20.1 Å². The molecule has 1 aromatic heterocycles. The molecule has 0 atom stereocenters. The van der Waals surface area contributed by atoms with Crippen molar-refractivity contribution in [3.63, 3.8) is 0 Å². The molecule has 1 aromatic rings. The van der Waals surface area contributed by atoms with Crippen molar-refractivity contribution in [2.45, 2.75) is 32.2 Å². The maximum Gasteiger partial charge on any atom is 0.263 e. The van der Waals surface area contributed by atoms with E-state index in [1.165, 1.54) is 0 Å². The van der Waals surface area contributed by atoms with Gasteiger partial charge in [0.1, 0.15) is 5.56 Å². The number of amides is 1. The van der Waals surface area contributed by atoms with Crippen LogP contribution in [0.5, 0.6) is 0 Å². The molecule has 2 aliphatic heterocycles. The standard InChI is InChI=1S/C19H30N4O3.2ClH/c1-15-5-10-23(16-3-7-20-8-4-16)19(25)17(15)18(24)21-6-2-9-22-11-13-26-14-12-22;;/h5,10,16,20H,2-4,6-9,11-14H2,1H3,(H,21,24);2*1H. The molecule has 7 nitrogen and oxygen atoms in total. The predicted molar refractivity (Wildman–Crippen MR) is 115 cm³/mol. The van der Waals surface area contributed by atoms with Crippen molar-refractivity contribution in [1.29, 1.82) is 0 Å². The topological polar surface area (TPSA) is 75.6 Å². The first kappa shape index (κ1) is 24.9. The fourth-order valence-corrected chi connectivity index (χ4v) is 3.71. The van der Waals surface area contributed by atoms with E-state index in [0.717, 1.165) is 70.8 Å². The van der Waals surface area contributed by atoms with Crippen LogP contribution in [0.25, 0.3) is 0 Å². The molecule has 0 radical (unpaired) electrons.